The van der Waals surface area contributed by atoms with E-state index in [-0.39, 0.29) is 0 Å². The standard InChI is InChI=1S/2C6H4N2O.5C6H4N2S.7C5H12/c1-4-9-6-5(1)7-2-3-8-6;1-2-9-6-5(1)3-7-4-8-6;1-2-7-3-5-6(1)9-4-8-5;1-2-7-3-6-5(1)8-4-9-6;2*1-2-5-6(7-3-1)8-4-9-5;1-2-5-6(7-3-1)9-4-8-5;7*1-5(2,3)4/h7*1-4H;7*1-4H3. The molecule has 0 aliphatic rings. The van der Waals surface area contributed by atoms with Gasteiger partial charge in [0.2, 0.25) is 11.4 Å². The van der Waals surface area contributed by atoms with E-state index >= 15 is 0 Å². The summed E-state index contributed by atoms with van der Waals surface area (Å²) in [5.74, 6) is 0. The van der Waals surface area contributed by atoms with Crippen LogP contribution in [0.2, 0.25) is 0 Å². The molecule has 0 unspecified atom stereocenters. The fourth-order valence-corrected chi connectivity index (χ4v) is 8.14. The first kappa shape index (κ1) is 88.5. The highest BCUT2D eigenvalue weighted by molar-refractivity contribution is 7.17. The molecule has 0 fully saturated rings. The minimum atomic E-state index is 0.500. The second kappa shape index (κ2) is 44.5. The predicted molar refractivity (Wildman–Crippen MR) is 427 cm³/mol. The van der Waals surface area contributed by atoms with Crippen LogP contribution in [0.3, 0.4) is 0 Å². The van der Waals surface area contributed by atoms with Crippen molar-refractivity contribution >= 4 is 130 Å². The fraction of sp³-hybridized carbons (Fsp3) is 0.455. The van der Waals surface area contributed by atoms with Crippen LogP contribution in [0.5, 0.6) is 0 Å². The predicted octanol–water partition coefficient (Wildman–Crippen LogP) is 25.3. The summed E-state index contributed by atoms with van der Waals surface area (Å²) in [6.07, 6.45) is 22.0. The lowest BCUT2D eigenvalue weighted by molar-refractivity contribution is 0.469. The molecule has 14 heterocycles. The summed E-state index contributed by atoms with van der Waals surface area (Å²) in [7, 11) is 0. The number of thiazole rings is 5. The lowest BCUT2D eigenvalue weighted by Crippen LogP contribution is -1.93. The van der Waals surface area contributed by atoms with Gasteiger partial charge in [0.25, 0.3) is 0 Å². The first-order valence-electron chi connectivity index (χ1n) is 32.2. The van der Waals surface area contributed by atoms with Crippen LogP contribution < -0.4 is 0 Å². The number of furan rings is 2. The van der Waals surface area contributed by atoms with Gasteiger partial charge < -0.3 is 8.83 Å². The van der Waals surface area contributed by atoms with Crippen LogP contribution in [0.4, 0.5) is 0 Å². The first-order valence-corrected chi connectivity index (χ1v) is 36.6. The maximum absolute atomic E-state index is 4.97. The molecule has 532 valence electrons. The molecule has 14 aromatic heterocycles. The van der Waals surface area contributed by atoms with Gasteiger partial charge in [0.15, 0.2) is 11.3 Å². The van der Waals surface area contributed by atoms with Crippen molar-refractivity contribution in [1.29, 1.82) is 0 Å². The molecule has 0 amide bonds. The second-order valence-electron chi connectivity index (χ2n) is 32.8. The lowest BCUT2D eigenvalue weighted by Gasteiger charge is -2.05. The minimum Gasteiger partial charge on any atom is -0.446 e. The molecule has 14 rings (SSSR count). The van der Waals surface area contributed by atoms with Crippen LogP contribution in [0.25, 0.3) is 73.8 Å². The molecule has 0 aliphatic carbocycles. The molecule has 0 radical (unpaired) electrons. The Morgan fingerprint density at radius 3 is 1.15 bits per heavy atom. The van der Waals surface area contributed by atoms with Crippen molar-refractivity contribution in [2.75, 3.05) is 0 Å². The summed E-state index contributed by atoms with van der Waals surface area (Å²) in [5.41, 5.74) is 19.3. The third-order valence-electron chi connectivity index (χ3n) is 7.81. The molecular formula is C77H112N14O2S5. The smallest absolute Gasteiger partial charge is 0.244 e. The average molecular weight is 1430 g/mol. The first-order chi connectivity index (χ1) is 45.3. The molecule has 0 aromatic carbocycles. The zero-order valence-corrected chi connectivity index (χ0v) is 67.9. The zero-order chi connectivity index (χ0) is 74.2. The van der Waals surface area contributed by atoms with E-state index in [1.807, 2.05) is 71.8 Å². The largest absolute Gasteiger partial charge is 0.446 e. The number of aromatic nitrogens is 14. The fourth-order valence-electron chi connectivity index (χ4n) is 4.95. The van der Waals surface area contributed by atoms with Crippen molar-refractivity contribution in [3.63, 3.8) is 0 Å². The number of hydrogen-bond acceptors (Lipinski definition) is 21. The van der Waals surface area contributed by atoms with Crippen molar-refractivity contribution in [2.24, 2.45) is 37.9 Å². The van der Waals surface area contributed by atoms with Gasteiger partial charge in [-0.05, 0) is 92.5 Å². The SMILES string of the molecule is CC(C)(C)C.CC(C)(C)C.CC(C)(C)C.CC(C)(C)C.CC(C)(C)C.CC(C)(C)C.CC(C)(C)C.c1cc2ncsc2cn1.c1cc2scnc2cn1.c1cnc2ncsc2c1.c1cnc2ncsc2c1.c1cnc2occc2n1.c1cnc2scnc2c1.c1ncc2ccoc2n1. The normalized spacial score (nSPS) is 10.9. The number of hydrogen-bond donors (Lipinski definition) is 0. The van der Waals surface area contributed by atoms with Crippen molar-refractivity contribution < 1.29 is 8.83 Å². The molecule has 0 saturated carbocycles. The molecule has 16 nitrogen and oxygen atoms in total. The van der Waals surface area contributed by atoms with Crippen molar-refractivity contribution in [3.05, 3.63) is 169 Å². The minimum absolute atomic E-state index is 0.500. The molecule has 0 N–H and O–H groups in total. The maximum atomic E-state index is 4.97. The molecule has 21 heteroatoms. The Morgan fingerprint density at radius 2 is 0.673 bits per heavy atom. The Labute approximate surface area is 605 Å². The summed E-state index contributed by atoms with van der Waals surface area (Å²) in [6.45, 7) is 61.2. The van der Waals surface area contributed by atoms with E-state index in [1.54, 1.807) is 148 Å². The van der Waals surface area contributed by atoms with Gasteiger partial charge in [-0.25, -0.2) is 59.8 Å². The van der Waals surface area contributed by atoms with E-state index in [1.165, 1.54) is 11.0 Å². The van der Waals surface area contributed by atoms with Crippen LogP contribution in [-0.2, 0) is 0 Å². The number of pyridine rings is 5. The van der Waals surface area contributed by atoms with Crippen LogP contribution in [0.1, 0.15) is 194 Å². The van der Waals surface area contributed by atoms with E-state index in [4.69, 9.17) is 8.83 Å². The Bertz CT molecular complexity index is 3230. The third kappa shape index (κ3) is 54.4. The van der Waals surface area contributed by atoms with Gasteiger partial charge in [0.05, 0.1) is 87.0 Å². The number of rotatable bonds is 0. The van der Waals surface area contributed by atoms with Crippen LogP contribution in [0.15, 0.2) is 178 Å². The second-order valence-corrected chi connectivity index (χ2v) is 37.2. The monoisotopic (exact) mass is 1420 g/mol. The summed E-state index contributed by atoms with van der Waals surface area (Å²) < 4.78 is 14.6. The van der Waals surface area contributed by atoms with Crippen molar-refractivity contribution in [1.82, 2.24) is 69.8 Å². The van der Waals surface area contributed by atoms with E-state index < -0.39 is 0 Å². The zero-order valence-electron chi connectivity index (χ0n) is 63.8. The Morgan fingerprint density at radius 1 is 0.265 bits per heavy atom. The summed E-state index contributed by atoms with van der Waals surface area (Å²) in [6, 6.07) is 19.2. The third-order valence-corrected chi connectivity index (χ3v) is 11.7. The van der Waals surface area contributed by atoms with Crippen molar-refractivity contribution in [2.45, 2.75) is 194 Å². The molecule has 0 bridgehead atoms. The molecule has 0 atom stereocenters. The van der Waals surface area contributed by atoms with E-state index in [2.05, 4.69) is 264 Å². The van der Waals surface area contributed by atoms with Gasteiger partial charge in [0, 0.05) is 61.8 Å². The van der Waals surface area contributed by atoms with Gasteiger partial charge in [-0.1, -0.05) is 194 Å². The average Bonchev–Trinajstić information content (AvgIpc) is 1.83. The van der Waals surface area contributed by atoms with Gasteiger partial charge in [0.1, 0.15) is 16.7 Å². The Balaban J connectivity index is 0.000000533. The number of nitrogens with zero attached hydrogens (tertiary/aromatic N) is 14. The van der Waals surface area contributed by atoms with Gasteiger partial charge in [-0.15, -0.1) is 56.7 Å². The van der Waals surface area contributed by atoms with E-state index in [9.17, 15) is 0 Å². The highest BCUT2D eigenvalue weighted by atomic mass is 32.1. The quantitative estimate of drug-likeness (QED) is 0.138. The molecule has 0 saturated heterocycles. The molecule has 14 aromatic rings. The van der Waals surface area contributed by atoms with Crippen LogP contribution in [-0.4, -0.2) is 69.8 Å². The molecule has 0 aliphatic heterocycles. The molecular weight excluding hydrogens is 1310 g/mol. The van der Waals surface area contributed by atoms with Crippen molar-refractivity contribution in [3.8, 4) is 0 Å². The van der Waals surface area contributed by atoms with E-state index in [0.717, 1.165) is 57.7 Å². The summed E-state index contributed by atoms with van der Waals surface area (Å²) in [5, 5.41) is 0.942. The highest BCUT2D eigenvalue weighted by Gasteiger charge is 2.01. The van der Waals surface area contributed by atoms with Crippen LogP contribution in [0, 0.1) is 37.9 Å². The number of fused-ring (bicyclic) bond motifs is 7. The summed E-state index contributed by atoms with van der Waals surface area (Å²) in [4.78, 5) is 56.9. The topological polar surface area (TPSA) is 207 Å². The van der Waals surface area contributed by atoms with Gasteiger partial charge >= 0.3 is 0 Å². The Kier molecular flexibility index (Phi) is 40.1. The van der Waals surface area contributed by atoms with E-state index in [0.29, 0.717) is 49.3 Å². The molecule has 0 spiro atoms. The highest BCUT2D eigenvalue weighted by Crippen LogP contribution is 2.19. The Hall–Kier alpha value is -7.56. The van der Waals surface area contributed by atoms with Crippen LogP contribution >= 0.6 is 56.7 Å². The van der Waals surface area contributed by atoms with Gasteiger partial charge in [-0.2, -0.15) is 0 Å². The lowest BCUT2D eigenvalue weighted by atomic mass is 10.0. The molecule has 98 heavy (non-hydrogen) atoms. The van der Waals surface area contributed by atoms with Gasteiger partial charge in [-0.3, -0.25) is 9.97 Å². The maximum Gasteiger partial charge on any atom is 0.244 e. The summed E-state index contributed by atoms with van der Waals surface area (Å²) >= 11 is 8.04.